The molecule has 0 saturated carbocycles. The van der Waals surface area contributed by atoms with E-state index in [1.54, 1.807) is 37.5 Å². The molecule has 0 aliphatic heterocycles. The third-order valence-electron chi connectivity index (χ3n) is 3.68. The van der Waals surface area contributed by atoms with Crippen LogP contribution in [-0.4, -0.2) is 41.4 Å². The van der Waals surface area contributed by atoms with Crippen molar-refractivity contribution in [3.63, 3.8) is 0 Å². The maximum atomic E-state index is 12.2. The molecule has 0 spiro atoms. The first-order valence-corrected chi connectivity index (χ1v) is 10.6. The summed E-state index contributed by atoms with van der Waals surface area (Å²) >= 11 is 0. The third kappa shape index (κ3) is 6.72. The number of sulfonamides is 1. The molecule has 9 heteroatoms. The Morgan fingerprint density at radius 2 is 1.76 bits per heavy atom. The molecule has 2 rings (SSSR count). The van der Waals surface area contributed by atoms with Crippen molar-refractivity contribution in [1.82, 2.24) is 0 Å². The van der Waals surface area contributed by atoms with Gasteiger partial charge in [0, 0.05) is 17.8 Å². The van der Waals surface area contributed by atoms with Crippen LogP contribution >= 0.6 is 0 Å². The van der Waals surface area contributed by atoms with Crippen LogP contribution in [0.15, 0.2) is 42.5 Å². The van der Waals surface area contributed by atoms with E-state index in [0.717, 1.165) is 11.8 Å². The first-order valence-electron chi connectivity index (χ1n) is 8.71. The summed E-state index contributed by atoms with van der Waals surface area (Å²) in [6.07, 6.45) is 4.07. The summed E-state index contributed by atoms with van der Waals surface area (Å²) in [7, 11) is -0.474. The van der Waals surface area contributed by atoms with Gasteiger partial charge in [-0.15, -0.1) is 0 Å². The maximum absolute atomic E-state index is 12.2. The van der Waals surface area contributed by atoms with Crippen LogP contribution in [0.25, 0.3) is 6.08 Å². The van der Waals surface area contributed by atoms with E-state index < -0.39 is 10.0 Å². The molecule has 0 saturated heterocycles. The number of ether oxygens (including phenoxy) is 3. The van der Waals surface area contributed by atoms with E-state index in [9.17, 15) is 13.2 Å². The number of nitrogens with one attached hydrogen (secondary N) is 2. The van der Waals surface area contributed by atoms with Crippen LogP contribution < -0.4 is 24.2 Å². The third-order valence-corrected chi connectivity index (χ3v) is 4.27. The summed E-state index contributed by atoms with van der Waals surface area (Å²) in [5, 5.41) is 2.70. The van der Waals surface area contributed by atoms with E-state index in [-0.39, 0.29) is 17.3 Å². The molecular weight excluding hydrogens is 396 g/mol. The Morgan fingerprint density at radius 3 is 2.38 bits per heavy atom. The van der Waals surface area contributed by atoms with Gasteiger partial charge in [-0.05, 0) is 42.8 Å². The second-order valence-corrected chi connectivity index (χ2v) is 7.70. The van der Waals surface area contributed by atoms with Gasteiger partial charge in [-0.1, -0.05) is 6.07 Å². The molecule has 0 atom stereocenters. The molecule has 0 aliphatic rings. The normalized spacial score (nSPS) is 11.2. The Kier molecular flexibility index (Phi) is 7.49. The van der Waals surface area contributed by atoms with Crippen molar-refractivity contribution in [2.75, 3.05) is 37.1 Å². The monoisotopic (exact) mass is 420 g/mol. The average Bonchev–Trinajstić information content (AvgIpc) is 2.67. The minimum absolute atomic E-state index is 0.283. The Labute approximate surface area is 170 Å². The highest BCUT2D eigenvalue weighted by Gasteiger charge is 2.10. The van der Waals surface area contributed by atoms with Crippen molar-refractivity contribution in [3.8, 4) is 17.2 Å². The highest BCUT2D eigenvalue weighted by Crippen LogP contribution is 2.29. The van der Waals surface area contributed by atoms with Crippen LogP contribution in [0, 0.1) is 0 Å². The second-order valence-electron chi connectivity index (χ2n) is 5.96. The van der Waals surface area contributed by atoms with E-state index in [2.05, 4.69) is 10.0 Å². The molecular formula is C20H24N2O6S. The molecule has 0 bridgehead atoms. The fourth-order valence-corrected chi connectivity index (χ4v) is 3.04. The summed E-state index contributed by atoms with van der Waals surface area (Å²) in [5.41, 5.74) is 1.51. The minimum atomic E-state index is -3.45. The van der Waals surface area contributed by atoms with Gasteiger partial charge < -0.3 is 19.5 Å². The lowest BCUT2D eigenvalue weighted by molar-refractivity contribution is -0.111. The molecule has 2 N–H and O–H groups in total. The molecule has 1 amide bonds. The summed E-state index contributed by atoms with van der Waals surface area (Å²) in [5.74, 6) is 1.14. The zero-order valence-electron chi connectivity index (χ0n) is 16.7. The van der Waals surface area contributed by atoms with Gasteiger partial charge >= 0.3 is 0 Å². The molecule has 0 fully saturated rings. The number of anilines is 2. The van der Waals surface area contributed by atoms with Gasteiger partial charge in [0.15, 0.2) is 11.5 Å². The van der Waals surface area contributed by atoms with Crippen LogP contribution in [0.5, 0.6) is 17.2 Å². The first-order chi connectivity index (χ1) is 13.8. The van der Waals surface area contributed by atoms with Crippen LogP contribution in [0.3, 0.4) is 0 Å². The quantitative estimate of drug-likeness (QED) is 0.604. The van der Waals surface area contributed by atoms with Crippen molar-refractivity contribution >= 4 is 33.4 Å². The van der Waals surface area contributed by atoms with Crippen molar-refractivity contribution in [2.24, 2.45) is 0 Å². The van der Waals surface area contributed by atoms with Gasteiger partial charge in [-0.2, -0.15) is 0 Å². The fourth-order valence-electron chi connectivity index (χ4n) is 2.47. The standard InChI is InChI=1S/C20H24N2O6S/c1-5-28-19-12-14(6-10-17(19)26-2)7-11-20(23)21-15-8-9-16(18(13-15)27-3)22-29(4,24)25/h6-13,22H,5H2,1-4H3,(H,21,23)/b11-7+. The number of amides is 1. The number of carbonyl (C=O) groups is 1. The molecule has 0 heterocycles. The summed E-state index contributed by atoms with van der Waals surface area (Å²) in [6, 6.07) is 9.96. The first kappa shape index (κ1) is 22.1. The lowest BCUT2D eigenvalue weighted by atomic mass is 10.2. The number of carbonyl (C=O) groups excluding carboxylic acids is 1. The molecule has 0 aliphatic carbocycles. The number of methoxy groups -OCH3 is 2. The highest BCUT2D eigenvalue weighted by atomic mass is 32.2. The summed E-state index contributed by atoms with van der Waals surface area (Å²) in [4.78, 5) is 12.2. The minimum Gasteiger partial charge on any atom is -0.494 e. The van der Waals surface area contributed by atoms with Crippen LogP contribution in [-0.2, 0) is 14.8 Å². The number of benzene rings is 2. The topological polar surface area (TPSA) is 103 Å². The van der Waals surface area contributed by atoms with Gasteiger partial charge in [0.05, 0.1) is 32.8 Å². The largest absolute Gasteiger partial charge is 0.494 e. The Hall–Kier alpha value is -3.20. The zero-order chi connectivity index (χ0) is 21.4. The lowest BCUT2D eigenvalue weighted by Crippen LogP contribution is -2.11. The van der Waals surface area contributed by atoms with Crippen LogP contribution in [0.4, 0.5) is 11.4 Å². The van der Waals surface area contributed by atoms with Gasteiger partial charge in [0.2, 0.25) is 15.9 Å². The predicted molar refractivity (Wildman–Crippen MR) is 113 cm³/mol. The molecule has 2 aromatic rings. The number of hydrogen-bond acceptors (Lipinski definition) is 6. The van der Waals surface area contributed by atoms with Crippen molar-refractivity contribution in [2.45, 2.75) is 6.92 Å². The Morgan fingerprint density at radius 1 is 1.03 bits per heavy atom. The Balaban J connectivity index is 2.11. The van der Waals surface area contributed by atoms with Gasteiger partial charge in [0.1, 0.15) is 5.75 Å². The molecule has 0 aromatic heterocycles. The molecule has 2 aromatic carbocycles. The van der Waals surface area contributed by atoms with Gasteiger partial charge in [-0.3, -0.25) is 9.52 Å². The molecule has 0 unspecified atom stereocenters. The van der Waals surface area contributed by atoms with E-state index in [1.807, 2.05) is 6.92 Å². The van der Waals surface area contributed by atoms with Crippen molar-refractivity contribution in [1.29, 1.82) is 0 Å². The lowest BCUT2D eigenvalue weighted by Gasteiger charge is -2.12. The number of rotatable bonds is 9. The fraction of sp³-hybridized carbons (Fsp3) is 0.250. The number of hydrogen-bond donors (Lipinski definition) is 2. The Bertz CT molecular complexity index is 1000. The SMILES string of the molecule is CCOc1cc(/C=C/C(=O)Nc2ccc(NS(C)(=O)=O)c(OC)c2)ccc1OC. The van der Waals surface area contributed by atoms with Gasteiger partial charge in [0.25, 0.3) is 0 Å². The summed E-state index contributed by atoms with van der Waals surface area (Å²) in [6.45, 7) is 2.37. The predicted octanol–water partition coefficient (Wildman–Crippen LogP) is 3.13. The van der Waals surface area contributed by atoms with Crippen LogP contribution in [0.2, 0.25) is 0 Å². The smallest absolute Gasteiger partial charge is 0.248 e. The average molecular weight is 420 g/mol. The van der Waals surface area contributed by atoms with E-state index in [4.69, 9.17) is 14.2 Å². The molecule has 0 radical (unpaired) electrons. The molecule has 156 valence electrons. The zero-order valence-corrected chi connectivity index (χ0v) is 17.5. The van der Waals surface area contributed by atoms with Crippen LogP contribution in [0.1, 0.15) is 12.5 Å². The van der Waals surface area contributed by atoms with Crippen molar-refractivity contribution in [3.05, 3.63) is 48.0 Å². The van der Waals surface area contributed by atoms with E-state index in [0.29, 0.717) is 23.8 Å². The van der Waals surface area contributed by atoms with E-state index in [1.165, 1.54) is 25.3 Å². The van der Waals surface area contributed by atoms with E-state index >= 15 is 0 Å². The molecule has 29 heavy (non-hydrogen) atoms. The van der Waals surface area contributed by atoms with Crippen molar-refractivity contribution < 1.29 is 27.4 Å². The highest BCUT2D eigenvalue weighted by molar-refractivity contribution is 7.92. The second kappa shape index (κ2) is 9.83. The maximum Gasteiger partial charge on any atom is 0.248 e. The van der Waals surface area contributed by atoms with Gasteiger partial charge in [-0.25, -0.2) is 8.42 Å². The summed E-state index contributed by atoms with van der Waals surface area (Å²) < 4.78 is 41.1. The molecule has 8 nitrogen and oxygen atoms in total.